The summed E-state index contributed by atoms with van der Waals surface area (Å²) in [4.78, 5) is 12.2. The van der Waals surface area contributed by atoms with Gasteiger partial charge in [-0.1, -0.05) is 23.7 Å². The van der Waals surface area contributed by atoms with Crippen LogP contribution in [0.1, 0.15) is 5.01 Å². The highest BCUT2D eigenvalue weighted by Gasteiger charge is 2.20. The summed E-state index contributed by atoms with van der Waals surface area (Å²) in [6.45, 7) is 1.73. The highest BCUT2D eigenvalue weighted by atomic mass is 35.5. The number of thiazole rings is 1. The molecule has 3 aromatic rings. The SMILES string of the molecule is Cc1ncc(S(=O)(=O)Nc2nc3ccccc3nc2Cl)s1. The second-order valence-electron chi connectivity index (χ2n) is 4.16. The van der Waals surface area contributed by atoms with Crippen LogP contribution in [0.2, 0.25) is 5.15 Å². The number of halogens is 1. The highest BCUT2D eigenvalue weighted by Crippen LogP contribution is 2.25. The van der Waals surface area contributed by atoms with Crippen molar-refractivity contribution in [2.45, 2.75) is 11.1 Å². The average Bonchev–Trinajstić information content (AvgIpc) is 2.87. The minimum Gasteiger partial charge on any atom is -0.260 e. The molecule has 0 unspecified atom stereocenters. The van der Waals surface area contributed by atoms with Crippen molar-refractivity contribution in [2.75, 3.05) is 4.72 Å². The Morgan fingerprint density at radius 2 is 1.86 bits per heavy atom. The van der Waals surface area contributed by atoms with Crippen molar-refractivity contribution >= 4 is 49.8 Å². The van der Waals surface area contributed by atoms with E-state index >= 15 is 0 Å². The van der Waals surface area contributed by atoms with E-state index < -0.39 is 10.0 Å². The first-order chi connectivity index (χ1) is 9.95. The van der Waals surface area contributed by atoms with Crippen LogP contribution in [0.3, 0.4) is 0 Å². The monoisotopic (exact) mass is 340 g/mol. The lowest BCUT2D eigenvalue weighted by Crippen LogP contribution is -2.13. The highest BCUT2D eigenvalue weighted by molar-refractivity contribution is 7.94. The van der Waals surface area contributed by atoms with Gasteiger partial charge in [-0.2, -0.15) is 0 Å². The minimum atomic E-state index is -3.76. The van der Waals surface area contributed by atoms with Crippen molar-refractivity contribution in [3.63, 3.8) is 0 Å². The second kappa shape index (κ2) is 5.21. The molecule has 0 atom stereocenters. The standard InChI is InChI=1S/C12H9ClN4O2S2/c1-7-14-6-10(20-7)21(18,19)17-12-11(13)15-8-4-2-3-5-9(8)16-12/h2-6H,1H3,(H,16,17). The van der Waals surface area contributed by atoms with Crippen LogP contribution in [0.25, 0.3) is 11.0 Å². The molecule has 0 aliphatic carbocycles. The van der Waals surface area contributed by atoms with Crippen LogP contribution < -0.4 is 4.72 Å². The first kappa shape index (κ1) is 14.2. The molecule has 0 radical (unpaired) electrons. The Morgan fingerprint density at radius 1 is 1.19 bits per heavy atom. The zero-order valence-corrected chi connectivity index (χ0v) is 13.1. The lowest BCUT2D eigenvalue weighted by molar-refractivity contribution is 0.603. The van der Waals surface area contributed by atoms with E-state index in [9.17, 15) is 8.42 Å². The normalized spacial score (nSPS) is 11.7. The summed E-state index contributed by atoms with van der Waals surface area (Å²) in [6, 6.07) is 7.07. The van der Waals surface area contributed by atoms with Crippen molar-refractivity contribution in [1.82, 2.24) is 15.0 Å². The second-order valence-corrected chi connectivity index (χ2v) is 7.66. The zero-order valence-electron chi connectivity index (χ0n) is 10.7. The molecule has 0 aliphatic heterocycles. The van der Waals surface area contributed by atoms with Gasteiger partial charge in [0.15, 0.2) is 15.2 Å². The van der Waals surface area contributed by atoms with Gasteiger partial charge in [0.2, 0.25) is 0 Å². The van der Waals surface area contributed by atoms with Crippen molar-refractivity contribution in [2.24, 2.45) is 0 Å². The number of rotatable bonds is 3. The first-order valence-electron chi connectivity index (χ1n) is 5.83. The Morgan fingerprint density at radius 3 is 2.48 bits per heavy atom. The summed E-state index contributed by atoms with van der Waals surface area (Å²) in [5.41, 5.74) is 1.15. The van der Waals surface area contributed by atoms with Gasteiger partial charge in [-0.25, -0.2) is 23.4 Å². The number of aromatic nitrogens is 3. The molecule has 0 spiro atoms. The topological polar surface area (TPSA) is 84.8 Å². The van der Waals surface area contributed by atoms with Crippen LogP contribution in [0.4, 0.5) is 5.82 Å². The number of sulfonamides is 1. The lowest BCUT2D eigenvalue weighted by Gasteiger charge is -2.07. The molecule has 108 valence electrons. The van der Waals surface area contributed by atoms with Gasteiger partial charge >= 0.3 is 0 Å². The molecule has 0 fully saturated rings. The number of hydrogen-bond donors (Lipinski definition) is 1. The van der Waals surface area contributed by atoms with Gasteiger partial charge in [-0.05, 0) is 19.1 Å². The van der Waals surface area contributed by atoms with Gasteiger partial charge < -0.3 is 0 Å². The summed E-state index contributed by atoms with van der Waals surface area (Å²) in [5.74, 6) is 0.00131. The van der Waals surface area contributed by atoms with E-state index in [2.05, 4.69) is 19.7 Å². The Bertz CT molecular complexity index is 924. The molecule has 6 nitrogen and oxygen atoms in total. The minimum absolute atomic E-state index is 0.00131. The van der Waals surface area contributed by atoms with E-state index in [-0.39, 0.29) is 15.2 Å². The molecular weight excluding hydrogens is 332 g/mol. The molecule has 21 heavy (non-hydrogen) atoms. The van der Waals surface area contributed by atoms with Crippen molar-refractivity contribution in [3.8, 4) is 0 Å². The van der Waals surface area contributed by atoms with Crippen molar-refractivity contribution < 1.29 is 8.42 Å². The van der Waals surface area contributed by atoms with Gasteiger partial charge in [0, 0.05) is 0 Å². The number of aryl methyl sites for hydroxylation is 1. The summed E-state index contributed by atoms with van der Waals surface area (Å²) < 4.78 is 26.9. The van der Waals surface area contributed by atoms with Crippen LogP contribution in [0.15, 0.2) is 34.7 Å². The summed E-state index contributed by atoms with van der Waals surface area (Å²) in [6.07, 6.45) is 1.30. The van der Waals surface area contributed by atoms with Gasteiger partial charge in [-0.3, -0.25) is 4.72 Å². The maximum absolute atomic E-state index is 12.2. The Labute approximate surface area is 129 Å². The van der Waals surface area contributed by atoms with Crippen LogP contribution in [0, 0.1) is 6.92 Å². The maximum atomic E-state index is 12.2. The summed E-state index contributed by atoms with van der Waals surface area (Å²) in [7, 11) is -3.76. The third-order valence-corrected chi connectivity index (χ3v) is 5.60. The average molecular weight is 341 g/mol. The first-order valence-corrected chi connectivity index (χ1v) is 8.51. The van der Waals surface area contributed by atoms with Crippen molar-refractivity contribution in [1.29, 1.82) is 0 Å². The predicted octanol–water partition coefficient (Wildman–Crippen LogP) is 2.85. The third-order valence-electron chi connectivity index (χ3n) is 2.62. The third kappa shape index (κ3) is 2.82. The number of para-hydroxylation sites is 2. The summed E-state index contributed by atoms with van der Waals surface area (Å²) in [5, 5.41) is 0.657. The number of fused-ring (bicyclic) bond motifs is 1. The molecule has 0 amide bonds. The number of anilines is 1. The molecule has 2 heterocycles. The Hall–Kier alpha value is -1.77. The van der Waals surface area contributed by atoms with Gasteiger partial charge in [0.25, 0.3) is 10.0 Å². The fourth-order valence-corrected chi connectivity index (χ4v) is 4.04. The molecule has 1 N–H and O–H groups in total. The lowest BCUT2D eigenvalue weighted by atomic mass is 10.3. The van der Waals surface area contributed by atoms with Gasteiger partial charge in [-0.15, -0.1) is 11.3 Å². The van der Waals surface area contributed by atoms with Crippen LogP contribution in [-0.2, 0) is 10.0 Å². The molecule has 1 aromatic carbocycles. The Balaban J connectivity index is 2.03. The molecule has 0 saturated heterocycles. The summed E-state index contributed by atoms with van der Waals surface area (Å²) >= 11 is 7.06. The van der Waals surface area contributed by atoms with E-state index in [0.29, 0.717) is 16.0 Å². The molecular formula is C12H9ClN4O2S2. The maximum Gasteiger partial charge on any atom is 0.274 e. The molecule has 0 aliphatic rings. The van der Waals surface area contributed by atoms with Crippen LogP contribution >= 0.6 is 22.9 Å². The predicted molar refractivity (Wildman–Crippen MR) is 82.2 cm³/mol. The molecule has 0 saturated carbocycles. The van der Waals surface area contributed by atoms with E-state index in [0.717, 1.165) is 11.3 Å². The van der Waals surface area contributed by atoms with Crippen LogP contribution in [-0.4, -0.2) is 23.4 Å². The van der Waals surface area contributed by atoms with E-state index in [1.165, 1.54) is 6.20 Å². The number of nitrogens with one attached hydrogen (secondary N) is 1. The quantitative estimate of drug-likeness (QED) is 0.792. The smallest absolute Gasteiger partial charge is 0.260 e. The van der Waals surface area contributed by atoms with E-state index in [1.54, 1.807) is 31.2 Å². The fourth-order valence-electron chi connectivity index (χ4n) is 1.69. The fraction of sp³-hybridized carbons (Fsp3) is 0.0833. The molecule has 0 bridgehead atoms. The van der Waals surface area contributed by atoms with Gasteiger partial charge in [0.1, 0.15) is 0 Å². The van der Waals surface area contributed by atoms with E-state index in [1.807, 2.05) is 0 Å². The number of benzene rings is 1. The van der Waals surface area contributed by atoms with Crippen molar-refractivity contribution in [3.05, 3.63) is 40.6 Å². The van der Waals surface area contributed by atoms with Gasteiger partial charge in [0.05, 0.1) is 22.2 Å². The Kier molecular flexibility index (Phi) is 3.52. The number of hydrogen-bond acceptors (Lipinski definition) is 6. The van der Waals surface area contributed by atoms with Crippen LogP contribution in [0.5, 0.6) is 0 Å². The molecule has 3 rings (SSSR count). The van der Waals surface area contributed by atoms with E-state index in [4.69, 9.17) is 11.6 Å². The number of nitrogens with zero attached hydrogens (tertiary/aromatic N) is 3. The molecule has 2 aromatic heterocycles. The molecule has 9 heteroatoms. The largest absolute Gasteiger partial charge is 0.274 e. The zero-order chi connectivity index (χ0) is 15.0.